The van der Waals surface area contributed by atoms with Crippen molar-refractivity contribution in [3.8, 4) is 0 Å². The summed E-state index contributed by atoms with van der Waals surface area (Å²) in [5.74, 6) is -0.454. The maximum absolute atomic E-state index is 11.7. The van der Waals surface area contributed by atoms with E-state index in [0.29, 0.717) is 24.2 Å². The summed E-state index contributed by atoms with van der Waals surface area (Å²) in [7, 11) is 0. The summed E-state index contributed by atoms with van der Waals surface area (Å²) in [6, 6.07) is 5.25. The SMILES string of the molecule is CCOC(=O)c1c(C)cccc1C(=O)CC. The van der Waals surface area contributed by atoms with E-state index in [4.69, 9.17) is 4.74 Å². The van der Waals surface area contributed by atoms with Crippen molar-refractivity contribution in [2.75, 3.05) is 6.61 Å². The largest absolute Gasteiger partial charge is 0.462 e. The number of Topliss-reactive ketones (excluding diaryl/α,β-unsaturated/α-hetero) is 1. The van der Waals surface area contributed by atoms with Gasteiger partial charge in [0.1, 0.15) is 0 Å². The normalized spacial score (nSPS) is 9.94. The lowest BCUT2D eigenvalue weighted by atomic mass is 9.98. The molecular formula is C13H16O3. The summed E-state index contributed by atoms with van der Waals surface area (Å²) >= 11 is 0. The first-order valence-electron chi connectivity index (χ1n) is 5.41. The van der Waals surface area contributed by atoms with Crippen molar-refractivity contribution in [3.05, 3.63) is 34.9 Å². The Bertz CT molecular complexity index is 408. The first kappa shape index (κ1) is 12.4. The summed E-state index contributed by atoms with van der Waals surface area (Å²) in [6.07, 6.45) is 0.385. The Balaban J connectivity index is 3.23. The van der Waals surface area contributed by atoms with Crippen molar-refractivity contribution in [1.29, 1.82) is 0 Å². The Labute approximate surface area is 95.4 Å². The summed E-state index contributed by atoms with van der Waals surface area (Å²) < 4.78 is 4.95. The third kappa shape index (κ3) is 2.48. The average Bonchev–Trinajstić information content (AvgIpc) is 2.27. The van der Waals surface area contributed by atoms with Gasteiger partial charge in [-0.05, 0) is 19.4 Å². The Morgan fingerprint density at radius 2 is 1.94 bits per heavy atom. The summed E-state index contributed by atoms with van der Waals surface area (Å²) in [4.78, 5) is 23.4. The lowest BCUT2D eigenvalue weighted by molar-refractivity contribution is 0.0522. The highest BCUT2D eigenvalue weighted by Gasteiger charge is 2.18. The maximum Gasteiger partial charge on any atom is 0.339 e. The van der Waals surface area contributed by atoms with Crippen LogP contribution in [-0.2, 0) is 4.74 Å². The van der Waals surface area contributed by atoms with E-state index >= 15 is 0 Å². The van der Waals surface area contributed by atoms with Gasteiger partial charge in [0.2, 0.25) is 0 Å². The Morgan fingerprint density at radius 3 is 2.50 bits per heavy atom. The van der Waals surface area contributed by atoms with Crippen LogP contribution in [0.5, 0.6) is 0 Å². The minimum absolute atomic E-state index is 0.0354. The van der Waals surface area contributed by atoms with Crippen molar-refractivity contribution < 1.29 is 14.3 Å². The van der Waals surface area contributed by atoms with Gasteiger partial charge in [-0.25, -0.2) is 4.79 Å². The predicted octanol–water partition coefficient (Wildman–Crippen LogP) is 2.76. The molecule has 0 aromatic heterocycles. The van der Waals surface area contributed by atoms with E-state index < -0.39 is 5.97 Å². The van der Waals surface area contributed by atoms with Gasteiger partial charge in [0.05, 0.1) is 12.2 Å². The van der Waals surface area contributed by atoms with E-state index in [-0.39, 0.29) is 5.78 Å². The highest BCUT2D eigenvalue weighted by Crippen LogP contribution is 2.17. The number of esters is 1. The van der Waals surface area contributed by atoms with Crippen LogP contribution in [0, 0.1) is 6.92 Å². The van der Waals surface area contributed by atoms with Crippen LogP contribution in [0.15, 0.2) is 18.2 Å². The number of hydrogen-bond donors (Lipinski definition) is 0. The van der Waals surface area contributed by atoms with Crippen molar-refractivity contribution in [3.63, 3.8) is 0 Å². The fraction of sp³-hybridized carbons (Fsp3) is 0.385. The Hall–Kier alpha value is -1.64. The second kappa shape index (κ2) is 5.45. The van der Waals surface area contributed by atoms with Crippen LogP contribution in [0.2, 0.25) is 0 Å². The van der Waals surface area contributed by atoms with Crippen LogP contribution in [0.1, 0.15) is 46.5 Å². The van der Waals surface area contributed by atoms with Crippen LogP contribution >= 0.6 is 0 Å². The summed E-state index contributed by atoms with van der Waals surface area (Å²) in [5.41, 5.74) is 1.63. The van der Waals surface area contributed by atoms with Gasteiger partial charge in [0.25, 0.3) is 0 Å². The summed E-state index contributed by atoms with van der Waals surface area (Å²) in [6.45, 7) is 5.64. The molecule has 0 atom stereocenters. The van der Waals surface area contributed by atoms with Crippen molar-refractivity contribution in [2.24, 2.45) is 0 Å². The molecule has 1 rings (SSSR count). The number of ketones is 1. The van der Waals surface area contributed by atoms with Crippen LogP contribution in [-0.4, -0.2) is 18.4 Å². The topological polar surface area (TPSA) is 43.4 Å². The number of benzene rings is 1. The van der Waals surface area contributed by atoms with Crippen molar-refractivity contribution >= 4 is 11.8 Å². The molecule has 16 heavy (non-hydrogen) atoms. The zero-order chi connectivity index (χ0) is 12.1. The number of hydrogen-bond acceptors (Lipinski definition) is 3. The van der Waals surface area contributed by atoms with E-state index in [2.05, 4.69) is 0 Å². The molecule has 0 fully saturated rings. The lowest BCUT2D eigenvalue weighted by Crippen LogP contribution is -2.13. The number of ether oxygens (including phenoxy) is 1. The smallest absolute Gasteiger partial charge is 0.339 e. The monoisotopic (exact) mass is 220 g/mol. The highest BCUT2D eigenvalue weighted by molar-refractivity contribution is 6.07. The first-order chi connectivity index (χ1) is 7.61. The second-order valence-corrected chi connectivity index (χ2v) is 3.49. The van der Waals surface area contributed by atoms with Gasteiger partial charge < -0.3 is 4.74 Å². The average molecular weight is 220 g/mol. The van der Waals surface area contributed by atoms with E-state index in [0.717, 1.165) is 5.56 Å². The Kier molecular flexibility index (Phi) is 4.23. The third-order valence-electron chi connectivity index (χ3n) is 2.37. The van der Waals surface area contributed by atoms with Gasteiger partial charge in [-0.3, -0.25) is 4.79 Å². The molecule has 0 saturated carbocycles. The second-order valence-electron chi connectivity index (χ2n) is 3.49. The molecule has 0 radical (unpaired) electrons. The van der Waals surface area contributed by atoms with E-state index in [9.17, 15) is 9.59 Å². The van der Waals surface area contributed by atoms with Crippen LogP contribution in [0.3, 0.4) is 0 Å². The highest BCUT2D eigenvalue weighted by atomic mass is 16.5. The van der Waals surface area contributed by atoms with Crippen LogP contribution in [0.25, 0.3) is 0 Å². The third-order valence-corrected chi connectivity index (χ3v) is 2.37. The summed E-state index contributed by atoms with van der Waals surface area (Å²) in [5, 5.41) is 0. The van der Waals surface area contributed by atoms with Gasteiger partial charge in [-0.2, -0.15) is 0 Å². The number of rotatable bonds is 4. The molecule has 0 amide bonds. The van der Waals surface area contributed by atoms with E-state index in [1.807, 2.05) is 0 Å². The molecular weight excluding hydrogens is 204 g/mol. The zero-order valence-corrected chi connectivity index (χ0v) is 9.87. The van der Waals surface area contributed by atoms with Crippen molar-refractivity contribution in [1.82, 2.24) is 0 Å². The number of carbonyl (C=O) groups excluding carboxylic acids is 2. The minimum Gasteiger partial charge on any atom is -0.462 e. The molecule has 86 valence electrons. The molecule has 0 bridgehead atoms. The minimum atomic E-state index is -0.419. The quantitative estimate of drug-likeness (QED) is 0.579. The van der Waals surface area contributed by atoms with Crippen LogP contribution in [0.4, 0.5) is 0 Å². The molecule has 3 heteroatoms. The molecule has 3 nitrogen and oxygen atoms in total. The number of aryl methyl sites for hydroxylation is 1. The molecule has 1 aromatic carbocycles. The fourth-order valence-corrected chi connectivity index (χ4v) is 1.56. The molecule has 0 N–H and O–H groups in total. The maximum atomic E-state index is 11.7. The fourth-order valence-electron chi connectivity index (χ4n) is 1.56. The molecule has 0 saturated heterocycles. The first-order valence-corrected chi connectivity index (χ1v) is 5.41. The molecule has 1 aromatic rings. The zero-order valence-electron chi connectivity index (χ0n) is 9.87. The molecule has 0 heterocycles. The molecule has 0 aliphatic heterocycles. The van der Waals surface area contributed by atoms with Gasteiger partial charge in [-0.15, -0.1) is 0 Å². The predicted molar refractivity (Wildman–Crippen MR) is 61.8 cm³/mol. The lowest BCUT2D eigenvalue weighted by Gasteiger charge is -2.09. The van der Waals surface area contributed by atoms with Gasteiger partial charge in [-0.1, -0.05) is 25.1 Å². The molecule has 0 spiro atoms. The van der Waals surface area contributed by atoms with Gasteiger partial charge in [0, 0.05) is 12.0 Å². The molecule has 0 aliphatic rings. The number of carbonyl (C=O) groups is 2. The van der Waals surface area contributed by atoms with Gasteiger partial charge >= 0.3 is 5.97 Å². The van der Waals surface area contributed by atoms with Gasteiger partial charge in [0.15, 0.2) is 5.78 Å². The van der Waals surface area contributed by atoms with E-state index in [1.165, 1.54) is 0 Å². The molecule has 0 unspecified atom stereocenters. The van der Waals surface area contributed by atoms with Crippen molar-refractivity contribution in [2.45, 2.75) is 27.2 Å². The molecule has 0 aliphatic carbocycles. The standard InChI is InChI=1S/C13H16O3/c1-4-11(14)10-8-6-7-9(3)12(10)13(15)16-5-2/h6-8H,4-5H2,1-3H3. The van der Waals surface area contributed by atoms with E-state index in [1.54, 1.807) is 39.0 Å². The Morgan fingerprint density at radius 1 is 1.25 bits per heavy atom. The van der Waals surface area contributed by atoms with Crippen LogP contribution < -0.4 is 0 Å².